The molecule has 2 aromatic rings. The molecule has 0 aliphatic carbocycles. The molecule has 116 valence electrons. The molecule has 0 radical (unpaired) electrons. The van der Waals surface area contributed by atoms with Crippen molar-refractivity contribution < 1.29 is 0 Å². The van der Waals surface area contributed by atoms with Gasteiger partial charge >= 0.3 is 0 Å². The smallest absolute Gasteiger partial charge is 0.128 e. The summed E-state index contributed by atoms with van der Waals surface area (Å²) in [5.74, 6) is 0.906. The van der Waals surface area contributed by atoms with Crippen LogP contribution in [0.25, 0.3) is 11.0 Å². The van der Waals surface area contributed by atoms with Gasteiger partial charge in [0, 0.05) is 10.6 Å². The van der Waals surface area contributed by atoms with Crippen molar-refractivity contribution in [2.45, 2.75) is 58.9 Å². The Balaban J connectivity index is 2.68. The van der Waals surface area contributed by atoms with Gasteiger partial charge in [-0.05, 0) is 50.8 Å². The molecule has 2 nitrogen and oxygen atoms in total. The standard InChI is InChI=1S/C17H24Cl2N2/c1-11(18)15-20-13-9-12(19)7-8-14(13)21(15)17(5,6)10-16(2,3)4/h7-9,11H,10H2,1-6H3. The van der Waals surface area contributed by atoms with Gasteiger partial charge in [-0.25, -0.2) is 4.98 Å². The Morgan fingerprint density at radius 3 is 2.33 bits per heavy atom. The first-order valence-electron chi connectivity index (χ1n) is 7.34. The van der Waals surface area contributed by atoms with Gasteiger partial charge in [-0.1, -0.05) is 32.4 Å². The van der Waals surface area contributed by atoms with E-state index in [0.717, 1.165) is 23.3 Å². The summed E-state index contributed by atoms with van der Waals surface area (Å²) in [6.45, 7) is 13.2. The molecule has 1 unspecified atom stereocenters. The second-order valence-electron chi connectivity index (χ2n) is 7.60. The molecule has 0 saturated heterocycles. The molecule has 1 aromatic carbocycles. The molecular formula is C17H24Cl2N2. The van der Waals surface area contributed by atoms with Gasteiger partial charge in [0.2, 0.25) is 0 Å². The van der Waals surface area contributed by atoms with E-state index in [-0.39, 0.29) is 16.3 Å². The Hall–Kier alpha value is -0.730. The van der Waals surface area contributed by atoms with Gasteiger partial charge in [-0.2, -0.15) is 0 Å². The van der Waals surface area contributed by atoms with Gasteiger partial charge in [0.05, 0.1) is 16.4 Å². The Kier molecular flexibility index (Phi) is 4.34. The molecule has 0 aliphatic rings. The Morgan fingerprint density at radius 2 is 1.81 bits per heavy atom. The van der Waals surface area contributed by atoms with Crippen LogP contribution in [0.4, 0.5) is 0 Å². The predicted molar refractivity (Wildman–Crippen MR) is 92.4 cm³/mol. The highest BCUT2D eigenvalue weighted by Crippen LogP contribution is 2.38. The second kappa shape index (κ2) is 5.48. The van der Waals surface area contributed by atoms with Crippen LogP contribution in [0.2, 0.25) is 5.02 Å². The van der Waals surface area contributed by atoms with E-state index in [4.69, 9.17) is 28.2 Å². The van der Waals surface area contributed by atoms with Gasteiger partial charge in [0.1, 0.15) is 5.82 Å². The molecule has 0 aliphatic heterocycles. The normalized spacial score (nSPS) is 14.7. The quantitative estimate of drug-likeness (QED) is 0.617. The zero-order valence-corrected chi connectivity index (χ0v) is 15.2. The molecule has 4 heteroatoms. The van der Waals surface area contributed by atoms with Crippen LogP contribution in [0.15, 0.2) is 18.2 Å². The minimum atomic E-state index is -0.143. The Bertz CT molecular complexity index is 649. The summed E-state index contributed by atoms with van der Waals surface area (Å²) in [5.41, 5.74) is 2.15. The first kappa shape index (κ1) is 16.6. The molecular weight excluding hydrogens is 303 g/mol. The first-order chi connectivity index (χ1) is 9.51. The molecule has 0 N–H and O–H groups in total. The van der Waals surface area contributed by atoms with E-state index < -0.39 is 0 Å². The summed E-state index contributed by atoms with van der Waals surface area (Å²) in [6.07, 6.45) is 1.03. The highest BCUT2D eigenvalue weighted by Gasteiger charge is 2.31. The lowest BCUT2D eigenvalue weighted by Gasteiger charge is -2.36. The number of alkyl halides is 1. The third-order valence-electron chi connectivity index (χ3n) is 3.57. The minimum Gasteiger partial charge on any atom is -0.321 e. The van der Waals surface area contributed by atoms with Crippen molar-refractivity contribution in [1.82, 2.24) is 9.55 Å². The van der Waals surface area contributed by atoms with Crippen LogP contribution in [0.5, 0.6) is 0 Å². The fraction of sp³-hybridized carbons (Fsp3) is 0.588. The number of benzene rings is 1. The Morgan fingerprint density at radius 1 is 1.19 bits per heavy atom. The lowest BCUT2D eigenvalue weighted by molar-refractivity contribution is 0.215. The van der Waals surface area contributed by atoms with Crippen LogP contribution in [0, 0.1) is 5.41 Å². The maximum Gasteiger partial charge on any atom is 0.128 e. The second-order valence-corrected chi connectivity index (χ2v) is 8.70. The number of nitrogens with zero attached hydrogens (tertiary/aromatic N) is 2. The van der Waals surface area contributed by atoms with Gasteiger partial charge in [0.25, 0.3) is 0 Å². The molecule has 1 atom stereocenters. The zero-order chi connectivity index (χ0) is 16.0. The summed E-state index contributed by atoms with van der Waals surface area (Å²) < 4.78 is 2.28. The number of fused-ring (bicyclic) bond motifs is 1. The van der Waals surface area contributed by atoms with E-state index in [9.17, 15) is 0 Å². The summed E-state index contributed by atoms with van der Waals surface area (Å²) >= 11 is 12.5. The molecule has 1 heterocycles. The van der Waals surface area contributed by atoms with E-state index in [1.165, 1.54) is 0 Å². The van der Waals surface area contributed by atoms with Crippen LogP contribution in [-0.4, -0.2) is 9.55 Å². The van der Waals surface area contributed by atoms with Crippen LogP contribution >= 0.6 is 23.2 Å². The first-order valence-corrected chi connectivity index (χ1v) is 8.15. The number of aromatic nitrogens is 2. The zero-order valence-electron chi connectivity index (χ0n) is 13.7. The van der Waals surface area contributed by atoms with Crippen molar-refractivity contribution in [2.75, 3.05) is 0 Å². The molecule has 0 spiro atoms. The number of halogens is 2. The highest BCUT2D eigenvalue weighted by atomic mass is 35.5. The lowest BCUT2D eigenvalue weighted by atomic mass is 9.81. The third-order valence-corrected chi connectivity index (χ3v) is 4.00. The summed E-state index contributed by atoms with van der Waals surface area (Å²) in [4.78, 5) is 4.72. The average molecular weight is 327 g/mol. The number of hydrogen-bond acceptors (Lipinski definition) is 1. The highest BCUT2D eigenvalue weighted by molar-refractivity contribution is 6.31. The van der Waals surface area contributed by atoms with E-state index in [1.54, 1.807) is 0 Å². The van der Waals surface area contributed by atoms with E-state index in [0.29, 0.717) is 5.02 Å². The Labute approximate surface area is 137 Å². The van der Waals surface area contributed by atoms with Gasteiger partial charge in [-0.3, -0.25) is 0 Å². The number of hydrogen-bond donors (Lipinski definition) is 0. The van der Waals surface area contributed by atoms with Crippen molar-refractivity contribution in [3.8, 4) is 0 Å². The molecule has 2 rings (SSSR count). The van der Waals surface area contributed by atoms with Crippen molar-refractivity contribution in [1.29, 1.82) is 0 Å². The van der Waals surface area contributed by atoms with E-state index in [1.807, 2.05) is 25.1 Å². The summed E-state index contributed by atoms with van der Waals surface area (Å²) in [7, 11) is 0. The molecule has 1 aromatic heterocycles. The fourth-order valence-electron chi connectivity index (χ4n) is 3.35. The molecule has 0 bridgehead atoms. The molecule has 0 amide bonds. The average Bonchev–Trinajstić information content (AvgIpc) is 2.64. The molecule has 21 heavy (non-hydrogen) atoms. The molecule has 0 fully saturated rings. The maximum atomic E-state index is 6.38. The number of rotatable bonds is 3. The van der Waals surface area contributed by atoms with Crippen molar-refractivity contribution >= 4 is 34.2 Å². The summed E-state index contributed by atoms with van der Waals surface area (Å²) in [5, 5.41) is 0.560. The SMILES string of the molecule is CC(Cl)c1nc2cc(Cl)ccc2n1C(C)(C)CC(C)(C)C. The van der Waals surface area contributed by atoms with Crippen molar-refractivity contribution in [2.24, 2.45) is 5.41 Å². The number of imidazole rings is 1. The van der Waals surface area contributed by atoms with Crippen LogP contribution in [0.3, 0.4) is 0 Å². The predicted octanol–water partition coefficient (Wildman–Crippen LogP) is 6.16. The third kappa shape index (κ3) is 3.54. The lowest BCUT2D eigenvalue weighted by Crippen LogP contribution is -2.33. The van der Waals surface area contributed by atoms with Crippen molar-refractivity contribution in [3.63, 3.8) is 0 Å². The van der Waals surface area contributed by atoms with Gasteiger partial charge < -0.3 is 4.57 Å². The van der Waals surface area contributed by atoms with Crippen LogP contribution < -0.4 is 0 Å². The fourth-order valence-corrected chi connectivity index (χ4v) is 3.66. The topological polar surface area (TPSA) is 17.8 Å². The largest absolute Gasteiger partial charge is 0.321 e. The minimum absolute atomic E-state index is 0.0701. The van der Waals surface area contributed by atoms with Crippen LogP contribution in [-0.2, 0) is 5.54 Å². The maximum absolute atomic E-state index is 6.38. The van der Waals surface area contributed by atoms with E-state index >= 15 is 0 Å². The van der Waals surface area contributed by atoms with E-state index in [2.05, 4.69) is 39.2 Å². The summed E-state index contributed by atoms with van der Waals surface area (Å²) in [6, 6.07) is 5.86. The van der Waals surface area contributed by atoms with Gasteiger partial charge in [0.15, 0.2) is 0 Å². The molecule has 0 saturated carbocycles. The van der Waals surface area contributed by atoms with Gasteiger partial charge in [-0.15, -0.1) is 11.6 Å². The van der Waals surface area contributed by atoms with Crippen molar-refractivity contribution in [3.05, 3.63) is 29.0 Å². The monoisotopic (exact) mass is 326 g/mol. The van der Waals surface area contributed by atoms with Crippen LogP contribution in [0.1, 0.15) is 59.2 Å².